The van der Waals surface area contributed by atoms with Gasteiger partial charge in [-0.1, -0.05) is 33.6 Å². The van der Waals surface area contributed by atoms with E-state index in [-0.39, 0.29) is 0 Å². The Balaban J connectivity index is 2.67. The molecule has 15 heavy (non-hydrogen) atoms. The number of nitrogens with two attached hydrogens (primary N) is 1. The van der Waals surface area contributed by atoms with Crippen molar-refractivity contribution in [1.29, 1.82) is 0 Å². The Morgan fingerprint density at radius 3 is 2.47 bits per heavy atom. The van der Waals surface area contributed by atoms with Gasteiger partial charge in [0.15, 0.2) is 0 Å². The van der Waals surface area contributed by atoms with Crippen molar-refractivity contribution >= 4 is 0 Å². The Morgan fingerprint density at radius 2 is 1.93 bits per heavy atom. The number of nitrogens with zero attached hydrogens (tertiary/aromatic N) is 1. The average Bonchev–Trinajstić information content (AvgIpc) is 2.27. The average molecular weight is 212 g/mol. The van der Waals surface area contributed by atoms with Crippen molar-refractivity contribution in [2.75, 3.05) is 13.1 Å². The third-order valence-electron chi connectivity index (χ3n) is 3.39. The molecular weight excluding hydrogens is 184 g/mol. The van der Waals surface area contributed by atoms with Crippen LogP contribution in [0.15, 0.2) is 0 Å². The number of rotatable bonds is 2. The minimum Gasteiger partial charge on any atom is -0.327 e. The van der Waals surface area contributed by atoms with Crippen LogP contribution in [0.3, 0.4) is 0 Å². The highest BCUT2D eigenvalue weighted by atomic mass is 15.2. The molecule has 90 valence electrons. The van der Waals surface area contributed by atoms with Crippen molar-refractivity contribution < 1.29 is 0 Å². The van der Waals surface area contributed by atoms with Gasteiger partial charge in [-0.2, -0.15) is 0 Å². The fourth-order valence-electron chi connectivity index (χ4n) is 2.74. The van der Waals surface area contributed by atoms with E-state index in [1.165, 1.54) is 32.2 Å². The second-order valence-corrected chi connectivity index (χ2v) is 6.20. The van der Waals surface area contributed by atoms with E-state index in [0.717, 1.165) is 6.54 Å². The molecule has 1 rings (SSSR count). The van der Waals surface area contributed by atoms with E-state index in [9.17, 15) is 0 Å². The molecule has 0 aliphatic carbocycles. The van der Waals surface area contributed by atoms with Gasteiger partial charge in [0, 0.05) is 18.6 Å². The molecule has 0 radical (unpaired) electrons. The molecule has 1 heterocycles. The predicted molar refractivity (Wildman–Crippen MR) is 66.9 cm³/mol. The Kier molecular flexibility index (Phi) is 4.60. The molecule has 0 aromatic rings. The molecule has 2 heteroatoms. The Hall–Kier alpha value is -0.0800. The molecule has 0 saturated carbocycles. The zero-order valence-corrected chi connectivity index (χ0v) is 10.9. The third-order valence-corrected chi connectivity index (χ3v) is 3.39. The molecule has 2 unspecified atom stereocenters. The summed E-state index contributed by atoms with van der Waals surface area (Å²) in [5, 5.41) is 0. The van der Waals surface area contributed by atoms with Crippen LogP contribution >= 0.6 is 0 Å². The van der Waals surface area contributed by atoms with Gasteiger partial charge in [0.2, 0.25) is 0 Å². The maximum absolute atomic E-state index is 5.94. The number of likely N-dealkylation sites (tertiary alicyclic amines) is 1. The van der Waals surface area contributed by atoms with Crippen molar-refractivity contribution in [3.8, 4) is 0 Å². The van der Waals surface area contributed by atoms with Gasteiger partial charge < -0.3 is 5.73 Å². The van der Waals surface area contributed by atoms with Crippen LogP contribution in [0.4, 0.5) is 0 Å². The maximum atomic E-state index is 5.94. The Labute approximate surface area is 95.2 Å². The van der Waals surface area contributed by atoms with Crippen LogP contribution in [0, 0.1) is 5.41 Å². The summed E-state index contributed by atoms with van der Waals surface area (Å²) in [4.78, 5) is 2.62. The molecule has 0 bridgehead atoms. The summed E-state index contributed by atoms with van der Waals surface area (Å²) in [7, 11) is 0. The van der Waals surface area contributed by atoms with Crippen LogP contribution in [-0.4, -0.2) is 30.1 Å². The zero-order chi connectivity index (χ0) is 11.5. The Morgan fingerprint density at radius 1 is 1.27 bits per heavy atom. The highest BCUT2D eigenvalue weighted by Crippen LogP contribution is 2.31. The fraction of sp³-hybridized carbons (Fsp3) is 1.00. The lowest BCUT2D eigenvalue weighted by molar-refractivity contribution is 0.0960. The van der Waals surface area contributed by atoms with Crippen molar-refractivity contribution in [3.05, 3.63) is 0 Å². The van der Waals surface area contributed by atoms with Gasteiger partial charge in [0.05, 0.1) is 0 Å². The minimum atomic E-state index is 0.299. The largest absolute Gasteiger partial charge is 0.327 e. The second kappa shape index (κ2) is 5.31. The van der Waals surface area contributed by atoms with Crippen LogP contribution in [0.5, 0.6) is 0 Å². The van der Waals surface area contributed by atoms with Crippen LogP contribution in [0.25, 0.3) is 0 Å². The molecule has 0 aromatic carbocycles. The summed E-state index contributed by atoms with van der Waals surface area (Å²) in [6.45, 7) is 11.5. The Bertz CT molecular complexity index is 181. The van der Waals surface area contributed by atoms with Gasteiger partial charge >= 0.3 is 0 Å². The third kappa shape index (κ3) is 4.12. The van der Waals surface area contributed by atoms with E-state index in [0.29, 0.717) is 17.5 Å². The molecule has 2 atom stereocenters. The summed E-state index contributed by atoms with van der Waals surface area (Å²) in [5.41, 5.74) is 6.33. The van der Waals surface area contributed by atoms with E-state index in [1.807, 2.05) is 0 Å². The van der Waals surface area contributed by atoms with Gasteiger partial charge in [-0.05, 0) is 31.7 Å². The van der Waals surface area contributed by atoms with Gasteiger partial charge in [-0.25, -0.2) is 0 Å². The zero-order valence-electron chi connectivity index (χ0n) is 10.9. The van der Waals surface area contributed by atoms with Crippen LogP contribution < -0.4 is 5.73 Å². The molecule has 0 amide bonds. The highest BCUT2D eigenvalue weighted by Gasteiger charge is 2.31. The van der Waals surface area contributed by atoms with Gasteiger partial charge in [0.1, 0.15) is 0 Å². The summed E-state index contributed by atoms with van der Waals surface area (Å²) in [5.74, 6) is 0. The number of hydrogen-bond donors (Lipinski definition) is 1. The van der Waals surface area contributed by atoms with E-state index in [2.05, 4.69) is 32.6 Å². The minimum absolute atomic E-state index is 0.299. The van der Waals surface area contributed by atoms with Gasteiger partial charge in [0.25, 0.3) is 0 Å². The van der Waals surface area contributed by atoms with Gasteiger partial charge in [-0.3, -0.25) is 4.90 Å². The van der Waals surface area contributed by atoms with Crippen LogP contribution in [-0.2, 0) is 0 Å². The smallest absolute Gasteiger partial charge is 0.0144 e. The molecule has 1 saturated heterocycles. The lowest BCUT2D eigenvalue weighted by Crippen LogP contribution is -2.47. The molecule has 2 N–H and O–H groups in total. The summed E-state index contributed by atoms with van der Waals surface area (Å²) in [6.07, 6.45) is 5.47. The number of hydrogen-bond acceptors (Lipinski definition) is 2. The predicted octanol–water partition coefficient (Wildman–Crippen LogP) is 2.62. The molecule has 0 spiro atoms. The molecule has 1 fully saturated rings. The normalized spacial score (nSPS) is 27.4. The lowest BCUT2D eigenvalue weighted by Gasteiger charge is -2.40. The van der Waals surface area contributed by atoms with E-state index in [1.54, 1.807) is 0 Å². The monoisotopic (exact) mass is 212 g/mol. The van der Waals surface area contributed by atoms with Crippen molar-refractivity contribution in [1.82, 2.24) is 4.90 Å². The van der Waals surface area contributed by atoms with Crippen LogP contribution in [0.2, 0.25) is 0 Å². The van der Waals surface area contributed by atoms with E-state index >= 15 is 0 Å². The fourth-order valence-corrected chi connectivity index (χ4v) is 2.74. The second-order valence-electron chi connectivity index (χ2n) is 6.20. The summed E-state index contributed by atoms with van der Waals surface area (Å²) < 4.78 is 0. The first-order chi connectivity index (χ1) is 6.91. The molecular formula is C13H28N2. The maximum Gasteiger partial charge on any atom is 0.0144 e. The molecule has 1 aliphatic heterocycles. The van der Waals surface area contributed by atoms with Crippen LogP contribution in [0.1, 0.15) is 53.4 Å². The first-order valence-corrected chi connectivity index (χ1v) is 6.41. The van der Waals surface area contributed by atoms with Crippen molar-refractivity contribution in [2.45, 2.75) is 65.5 Å². The first kappa shape index (κ1) is 13.0. The standard InChI is InChI=1S/C13H28N2/c1-11(14)10-15-9-7-5-6-8-12(15)13(2,3)4/h11-12H,5-10,14H2,1-4H3. The lowest BCUT2D eigenvalue weighted by atomic mass is 9.83. The van der Waals surface area contributed by atoms with E-state index < -0.39 is 0 Å². The quantitative estimate of drug-likeness (QED) is 0.762. The van der Waals surface area contributed by atoms with Crippen molar-refractivity contribution in [2.24, 2.45) is 11.1 Å². The molecule has 0 aromatic heterocycles. The van der Waals surface area contributed by atoms with Gasteiger partial charge in [-0.15, -0.1) is 0 Å². The first-order valence-electron chi connectivity index (χ1n) is 6.41. The summed E-state index contributed by atoms with van der Waals surface area (Å²) >= 11 is 0. The molecule has 1 aliphatic rings. The SMILES string of the molecule is CC(N)CN1CCCCCC1C(C)(C)C. The van der Waals surface area contributed by atoms with Crippen molar-refractivity contribution in [3.63, 3.8) is 0 Å². The highest BCUT2D eigenvalue weighted by molar-refractivity contribution is 4.86. The summed E-state index contributed by atoms with van der Waals surface area (Å²) in [6, 6.07) is 1.01. The topological polar surface area (TPSA) is 29.3 Å². The van der Waals surface area contributed by atoms with E-state index in [4.69, 9.17) is 5.73 Å². The molecule has 2 nitrogen and oxygen atoms in total.